The van der Waals surface area contributed by atoms with Crippen molar-refractivity contribution < 1.29 is 9.53 Å². The molecule has 1 aliphatic rings. The summed E-state index contributed by atoms with van der Waals surface area (Å²) >= 11 is 1.66. The molecular weight excluding hydrogens is 356 g/mol. The summed E-state index contributed by atoms with van der Waals surface area (Å²) in [7, 11) is 1.70. The van der Waals surface area contributed by atoms with Gasteiger partial charge in [0, 0.05) is 35.1 Å². The summed E-state index contributed by atoms with van der Waals surface area (Å²) in [6, 6.07) is 8.22. The molecular formula is C22H26N2O2S. The molecule has 1 aliphatic heterocycles. The van der Waals surface area contributed by atoms with Crippen molar-refractivity contribution in [1.29, 1.82) is 0 Å². The van der Waals surface area contributed by atoms with Gasteiger partial charge in [0.15, 0.2) is 0 Å². The molecule has 1 saturated heterocycles. The molecule has 3 heterocycles. The number of nitrogens with zero attached hydrogens (tertiary/aromatic N) is 1. The summed E-state index contributed by atoms with van der Waals surface area (Å²) in [4.78, 5) is 20.5. The monoisotopic (exact) mass is 382 g/mol. The molecule has 2 aromatic heterocycles. The molecule has 27 heavy (non-hydrogen) atoms. The lowest BCUT2D eigenvalue weighted by Crippen LogP contribution is -2.37. The summed E-state index contributed by atoms with van der Waals surface area (Å²) in [5, 5.41) is 1.24. The second kappa shape index (κ2) is 7.39. The molecule has 5 heteroatoms. The van der Waals surface area contributed by atoms with Crippen LogP contribution in [0.1, 0.15) is 51.4 Å². The fraction of sp³-hybridized carbons (Fsp3) is 0.409. The largest absolute Gasteiger partial charge is 0.497 e. The molecule has 0 unspecified atom stereocenters. The standard InChI is InChI=1S/C22H26N2O2S/c1-4-20-14(2)11-21(27-20)22(25)24-9-7-15(8-10-24)18-13-23-19-6-5-16(26-3)12-17(18)19/h5-6,11-13,15,23H,4,7-10H2,1-3H3. The van der Waals surface area contributed by atoms with Gasteiger partial charge in [0.25, 0.3) is 5.91 Å². The van der Waals surface area contributed by atoms with Crippen molar-refractivity contribution in [2.45, 2.75) is 39.0 Å². The molecule has 1 fully saturated rings. The summed E-state index contributed by atoms with van der Waals surface area (Å²) in [6.45, 7) is 5.88. The highest BCUT2D eigenvalue weighted by Crippen LogP contribution is 2.35. The number of fused-ring (bicyclic) bond motifs is 1. The minimum atomic E-state index is 0.196. The van der Waals surface area contributed by atoms with E-state index in [0.717, 1.165) is 48.5 Å². The Morgan fingerprint density at radius 2 is 2.07 bits per heavy atom. The second-order valence-corrected chi connectivity index (χ2v) is 8.43. The van der Waals surface area contributed by atoms with Crippen LogP contribution < -0.4 is 4.74 Å². The summed E-state index contributed by atoms with van der Waals surface area (Å²) in [6.07, 6.45) is 5.13. The first-order chi connectivity index (χ1) is 13.1. The quantitative estimate of drug-likeness (QED) is 0.680. The lowest BCUT2D eigenvalue weighted by Gasteiger charge is -2.31. The molecule has 3 aromatic rings. The fourth-order valence-electron chi connectivity index (χ4n) is 4.11. The number of hydrogen-bond acceptors (Lipinski definition) is 3. The van der Waals surface area contributed by atoms with Gasteiger partial charge in [0.2, 0.25) is 0 Å². The molecule has 0 bridgehead atoms. The van der Waals surface area contributed by atoms with Crippen molar-refractivity contribution >= 4 is 28.1 Å². The van der Waals surface area contributed by atoms with Crippen LogP contribution in [0.5, 0.6) is 5.75 Å². The first-order valence-electron chi connectivity index (χ1n) is 9.64. The van der Waals surface area contributed by atoms with Crippen LogP contribution in [0.3, 0.4) is 0 Å². The van der Waals surface area contributed by atoms with Crippen molar-refractivity contribution in [2.24, 2.45) is 0 Å². The van der Waals surface area contributed by atoms with Crippen LogP contribution in [0.4, 0.5) is 0 Å². The number of rotatable bonds is 4. The highest BCUT2D eigenvalue weighted by molar-refractivity contribution is 7.14. The van der Waals surface area contributed by atoms with Gasteiger partial charge < -0.3 is 14.6 Å². The summed E-state index contributed by atoms with van der Waals surface area (Å²) < 4.78 is 5.39. The number of hydrogen-bond donors (Lipinski definition) is 1. The van der Waals surface area contributed by atoms with Gasteiger partial charge in [-0.3, -0.25) is 4.79 Å². The van der Waals surface area contributed by atoms with Gasteiger partial charge in [0.1, 0.15) is 5.75 Å². The van der Waals surface area contributed by atoms with Crippen molar-refractivity contribution in [3.8, 4) is 5.75 Å². The molecule has 1 N–H and O–H groups in total. The Hall–Kier alpha value is -2.27. The van der Waals surface area contributed by atoms with E-state index in [-0.39, 0.29) is 5.91 Å². The van der Waals surface area contributed by atoms with Crippen LogP contribution in [0.15, 0.2) is 30.5 Å². The van der Waals surface area contributed by atoms with E-state index in [9.17, 15) is 4.79 Å². The molecule has 0 radical (unpaired) electrons. The van der Waals surface area contributed by atoms with Crippen LogP contribution in [-0.4, -0.2) is 36.0 Å². The minimum Gasteiger partial charge on any atom is -0.497 e. The summed E-state index contributed by atoms with van der Waals surface area (Å²) in [5.41, 5.74) is 3.73. The topological polar surface area (TPSA) is 45.3 Å². The number of ether oxygens (including phenoxy) is 1. The lowest BCUT2D eigenvalue weighted by molar-refractivity contribution is 0.0718. The van der Waals surface area contributed by atoms with Gasteiger partial charge in [-0.1, -0.05) is 6.92 Å². The number of aryl methyl sites for hydroxylation is 2. The van der Waals surface area contributed by atoms with Crippen molar-refractivity contribution in [2.75, 3.05) is 20.2 Å². The van der Waals surface area contributed by atoms with E-state index < -0.39 is 0 Å². The fourth-order valence-corrected chi connectivity index (χ4v) is 5.19. The van der Waals surface area contributed by atoms with Crippen LogP contribution in [-0.2, 0) is 6.42 Å². The molecule has 1 aromatic carbocycles. The molecule has 0 spiro atoms. The number of aromatic amines is 1. The van der Waals surface area contributed by atoms with Crippen LogP contribution in [0.2, 0.25) is 0 Å². The van der Waals surface area contributed by atoms with Gasteiger partial charge in [-0.25, -0.2) is 0 Å². The summed E-state index contributed by atoms with van der Waals surface area (Å²) in [5.74, 6) is 1.56. The Morgan fingerprint density at radius 1 is 1.30 bits per heavy atom. The van der Waals surface area contributed by atoms with Crippen molar-refractivity contribution in [3.63, 3.8) is 0 Å². The molecule has 0 atom stereocenters. The maximum Gasteiger partial charge on any atom is 0.263 e. The van der Waals surface area contributed by atoms with E-state index >= 15 is 0 Å². The number of nitrogens with one attached hydrogen (secondary N) is 1. The van der Waals surface area contributed by atoms with Crippen LogP contribution >= 0.6 is 11.3 Å². The Morgan fingerprint density at radius 3 is 2.74 bits per heavy atom. The van der Waals surface area contributed by atoms with Crippen molar-refractivity contribution in [1.82, 2.24) is 9.88 Å². The molecule has 0 saturated carbocycles. The number of likely N-dealkylation sites (tertiary alicyclic amines) is 1. The number of methoxy groups -OCH3 is 1. The molecule has 4 rings (SSSR count). The van der Waals surface area contributed by atoms with Crippen molar-refractivity contribution in [3.05, 3.63) is 51.3 Å². The number of H-pyrrole nitrogens is 1. The zero-order valence-electron chi connectivity index (χ0n) is 16.2. The maximum atomic E-state index is 12.9. The normalized spacial score (nSPS) is 15.4. The Balaban J connectivity index is 1.48. The number of carbonyl (C=O) groups is 1. The number of piperidine rings is 1. The third-order valence-corrected chi connectivity index (χ3v) is 7.06. The lowest BCUT2D eigenvalue weighted by atomic mass is 9.89. The van der Waals surface area contributed by atoms with E-state index in [2.05, 4.69) is 43.2 Å². The van der Waals surface area contributed by atoms with E-state index in [1.54, 1.807) is 18.4 Å². The van der Waals surface area contributed by atoms with E-state index in [1.807, 2.05) is 11.0 Å². The van der Waals surface area contributed by atoms with Gasteiger partial charge in [-0.2, -0.15) is 0 Å². The molecule has 1 amide bonds. The first-order valence-corrected chi connectivity index (χ1v) is 10.5. The number of aromatic nitrogens is 1. The highest BCUT2D eigenvalue weighted by Gasteiger charge is 2.27. The number of thiophene rings is 1. The van der Waals surface area contributed by atoms with Crippen LogP contribution in [0.25, 0.3) is 10.9 Å². The average Bonchev–Trinajstić information content (AvgIpc) is 3.30. The third-order valence-electron chi connectivity index (χ3n) is 5.70. The number of carbonyl (C=O) groups excluding carboxylic acids is 1. The number of amides is 1. The van der Waals surface area contributed by atoms with Gasteiger partial charge in [-0.15, -0.1) is 11.3 Å². The van der Waals surface area contributed by atoms with E-state index in [4.69, 9.17) is 4.74 Å². The zero-order chi connectivity index (χ0) is 19.0. The third kappa shape index (κ3) is 3.36. The predicted octanol–water partition coefficient (Wildman–Crippen LogP) is 5.13. The Labute approximate surface area is 164 Å². The average molecular weight is 383 g/mol. The predicted molar refractivity (Wildman–Crippen MR) is 111 cm³/mol. The Bertz CT molecular complexity index is 964. The van der Waals surface area contributed by atoms with Crippen LogP contribution in [0, 0.1) is 6.92 Å². The minimum absolute atomic E-state index is 0.196. The molecule has 142 valence electrons. The SMILES string of the molecule is CCc1sc(C(=O)N2CCC(c3c[nH]c4ccc(OC)cc34)CC2)cc1C. The van der Waals surface area contributed by atoms with Gasteiger partial charge in [0.05, 0.1) is 12.0 Å². The van der Waals surface area contributed by atoms with E-state index in [1.165, 1.54) is 21.4 Å². The highest BCUT2D eigenvalue weighted by atomic mass is 32.1. The molecule has 4 nitrogen and oxygen atoms in total. The zero-order valence-corrected chi connectivity index (χ0v) is 17.0. The Kier molecular flexibility index (Phi) is 4.96. The molecule has 0 aliphatic carbocycles. The maximum absolute atomic E-state index is 12.9. The van der Waals surface area contributed by atoms with Gasteiger partial charge >= 0.3 is 0 Å². The number of benzene rings is 1. The van der Waals surface area contributed by atoms with Gasteiger partial charge in [-0.05, 0) is 67.5 Å². The first kappa shape index (κ1) is 18.1. The second-order valence-electron chi connectivity index (χ2n) is 7.29. The smallest absolute Gasteiger partial charge is 0.263 e. The van der Waals surface area contributed by atoms with E-state index in [0.29, 0.717) is 5.92 Å².